The van der Waals surface area contributed by atoms with E-state index in [-0.39, 0.29) is 6.61 Å². The van der Waals surface area contributed by atoms with Crippen LogP contribution in [-0.4, -0.2) is 15.9 Å². The number of halogens is 1. The van der Waals surface area contributed by atoms with Gasteiger partial charge in [0.2, 0.25) is 0 Å². The minimum absolute atomic E-state index is 0.130. The first-order chi connectivity index (χ1) is 12.7. The molecule has 1 fully saturated rings. The molecular weight excluding hydrogens is 350 g/mol. The Morgan fingerprint density at radius 3 is 2.69 bits per heavy atom. The number of para-hydroxylation sites is 1. The molecule has 3 aromatic rings. The zero-order valence-corrected chi connectivity index (χ0v) is 14.8. The molecule has 0 spiro atoms. The van der Waals surface area contributed by atoms with E-state index in [4.69, 9.17) is 21.4 Å². The summed E-state index contributed by atoms with van der Waals surface area (Å²) in [4.78, 5) is 12.1. The van der Waals surface area contributed by atoms with Crippen molar-refractivity contribution < 1.29 is 9.53 Å². The van der Waals surface area contributed by atoms with Crippen LogP contribution in [0.4, 0.5) is 10.5 Å². The van der Waals surface area contributed by atoms with E-state index in [0.29, 0.717) is 16.6 Å². The van der Waals surface area contributed by atoms with Crippen molar-refractivity contribution in [2.45, 2.75) is 25.4 Å². The lowest BCUT2D eigenvalue weighted by Gasteiger charge is -2.09. The Morgan fingerprint density at radius 1 is 1.15 bits per heavy atom. The molecule has 0 saturated heterocycles. The van der Waals surface area contributed by atoms with Gasteiger partial charge < -0.3 is 4.74 Å². The normalized spacial score (nSPS) is 13.4. The van der Waals surface area contributed by atoms with E-state index in [1.54, 1.807) is 4.68 Å². The smallest absolute Gasteiger partial charge is 0.412 e. The summed E-state index contributed by atoms with van der Waals surface area (Å²) in [7, 11) is 0. The number of carbonyl (C=O) groups excluding carboxylic acids is 1. The molecule has 132 valence electrons. The van der Waals surface area contributed by atoms with Crippen molar-refractivity contribution in [2.75, 3.05) is 5.32 Å². The number of hydrogen-bond acceptors (Lipinski definition) is 3. The predicted molar refractivity (Wildman–Crippen MR) is 101 cm³/mol. The average Bonchev–Trinajstić information content (AvgIpc) is 3.40. The van der Waals surface area contributed by atoms with Crippen LogP contribution in [0.1, 0.15) is 30.1 Å². The van der Waals surface area contributed by atoms with Crippen molar-refractivity contribution in [1.29, 1.82) is 0 Å². The molecule has 0 radical (unpaired) electrons. The van der Waals surface area contributed by atoms with Gasteiger partial charge in [-0.1, -0.05) is 35.9 Å². The summed E-state index contributed by atoms with van der Waals surface area (Å²) >= 11 is 6.11. The molecule has 1 saturated carbocycles. The molecule has 0 unspecified atom stereocenters. The van der Waals surface area contributed by atoms with Crippen LogP contribution < -0.4 is 5.32 Å². The van der Waals surface area contributed by atoms with E-state index < -0.39 is 6.09 Å². The van der Waals surface area contributed by atoms with Crippen molar-refractivity contribution in [1.82, 2.24) is 9.78 Å². The number of rotatable bonds is 5. The second kappa shape index (κ2) is 7.22. The first kappa shape index (κ1) is 16.7. The lowest BCUT2D eigenvalue weighted by atomic mass is 10.2. The van der Waals surface area contributed by atoms with Crippen LogP contribution in [0.25, 0.3) is 5.69 Å². The second-order valence-electron chi connectivity index (χ2n) is 6.29. The van der Waals surface area contributed by atoms with E-state index >= 15 is 0 Å². The van der Waals surface area contributed by atoms with Crippen molar-refractivity contribution in [3.05, 3.63) is 77.1 Å². The van der Waals surface area contributed by atoms with Gasteiger partial charge >= 0.3 is 6.09 Å². The Labute approximate surface area is 156 Å². The second-order valence-corrected chi connectivity index (χ2v) is 6.73. The number of nitrogens with one attached hydrogen (secondary N) is 1. The van der Waals surface area contributed by atoms with E-state index in [0.717, 1.165) is 29.9 Å². The van der Waals surface area contributed by atoms with Gasteiger partial charge in [-0.05, 0) is 49.2 Å². The summed E-state index contributed by atoms with van der Waals surface area (Å²) < 4.78 is 7.19. The Hall–Kier alpha value is -2.79. The lowest BCUT2D eigenvalue weighted by molar-refractivity contribution is 0.152. The standard InChI is InChI=1S/C20H18ClN3O2/c21-15-5-4-8-17(11-15)24-18(12-19(23-24)14-9-10-14)13-26-20(25)22-16-6-2-1-3-7-16/h1-8,11-12,14H,9-10,13H2,(H,22,25). The Balaban J connectivity index is 1.51. The number of benzene rings is 2. The highest BCUT2D eigenvalue weighted by Crippen LogP contribution is 2.39. The molecule has 0 aliphatic heterocycles. The molecule has 26 heavy (non-hydrogen) atoms. The Bertz CT molecular complexity index is 920. The van der Waals surface area contributed by atoms with Crippen molar-refractivity contribution in [2.24, 2.45) is 0 Å². The van der Waals surface area contributed by atoms with Gasteiger partial charge in [0.05, 0.1) is 17.1 Å². The maximum Gasteiger partial charge on any atom is 0.412 e. The molecule has 1 amide bonds. The Morgan fingerprint density at radius 2 is 1.96 bits per heavy atom. The van der Waals surface area contributed by atoms with E-state index in [1.165, 1.54) is 0 Å². The number of aromatic nitrogens is 2. The Kier molecular flexibility index (Phi) is 4.63. The van der Waals surface area contributed by atoms with Crippen LogP contribution in [0.2, 0.25) is 5.02 Å². The topological polar surface area (TPSA) is 56.1 Å². The maximum atomic E-state index is 12.1. The van der Waals surface area contributed by atoms with Gasteiger partial charge in [-0.15, -0.1) is 0 Å². The van der Waals surface area contributed by atoms with Gasteiger partial charge in [-0.25, -0.2) is 9.48 Å². The molecule has 0 atom stereocenters. The molecule has 1 aromatic heterocycles. The van der Waals surface area contributed by atoms with E-state index in [1.807, 2.05) is 60.7 Å². The highest BCUT2D eigenvalue weighted by atomic mass is 35.5. The fourth-order valence-electron chi connectivity index (χ4n) is 2.77. The first-order valence-electron chi connectivity index (χ1n) is 8.52. The highest BCUT2D eigenvalue weighted by Gasteiger charge is 2.27. The molecule has 1 aliphatic carbocycles. The largest absolute Gasteiger partial charge is 0.443 e. The van der Waals surface area contributed by atoms with Crippen LogP contribution in [0.15, 0.2) is 60.7 Å². The third kappa shape index (κ3) is 3.89. The molecule has 1 N–H and O–H groups in total. The number of ether oxygens (including phenoxy) is 1. The summed E-state index contributed by atoms with van der Waals surface area (Å²) in [5.41, 5.74) is 3.40. The molecule has 4 rings (SSSR count). The predicted octanol–water partition coefficient (Wildman–Crippen LogP) is 5.15. The summed E-state index contributed by atoms with van der Waals surface area (Å²) in [6, 6.07) is 18.7. The van der Waals surface area contributed by atoms with Crippen LogP contribution >= 0.6 is 11.6 Å². The quantitative estimate of drug-likeness (QED) is 0.678. The van der Waals surface area contributed by atoms with Crippen molar-refractivity contribution >= 4 is 23.4 Å². The summed E-state index contributed by atoms with van der Waals surface area (Å²) in [6.07, 6.45) is 1.81. The molecule has 5 nitrogen and oxygen atoms in total. The third-order valence-electron chi connectivity index (χ3n) is 4.22. The highest BCUT2D eigenvalue weighted by molar-refractivity contribution is 6.30. The molecular formula is C20H18ClN3O2. The number of amides is 1. The minimum atomic E-state index is -0.497. The van der Waals surface area contributed by atoms with Gasteiger partial charge in [0, 0.05) is 16.6 Å². The van der Waals surface area contributed by atoms with Crippen LogP contribution in [0.3, 0.4) is 0 Å². The number of carbonyl (C=O) groups is 1. The summed E-state index contributed by atoms with van der Waals surface area (Å²) in [5.74, 6) is 0.507. The average molecular weight is 368 g/mol. The summed E-state index contributed by atoms with van der Waals surface area (Å²) in [5, 5.41) is 8.04. The van der Waals surface area contributed by atoms with Gasteiger partial charge in [0.1, 0.15) is 6.61 Å². The van der Waals surface area contributed by atoms with Crippen LogP contribution in [-0.2, 0) is 11.3 Å². The van der Waals surface area contributed by atoms with Crippen LogP contribution in [0, 0.1) is 0 Å². The number of hydrogen-bond donors (Lipinski definition) is 1. The lowest BCUT2D eigenvalue weighted by Crippen LogP contribution is -2.14. The molecule has 0 bridgehead atoms. The molecule has 1 aliphatic rings. The molecule has 6 heteroatoms. The number of nitrogens with zero attached hydrogens (tertiary/aromatic N) is 2. The van der Waals surface area contributed by atoms with Crippen LogP contribution in [0.5, 0.6) is 0 Å². The fraction of sp³-hybridized carbons (Fsp3) is 0.200. The van der Waals surface area contributed by atoms with E-state index in [9.17, 15) is 4.79 Å². The fourth-order valence-corrected chi connectivity index (χ4v) is 2.95. The first-order valence-corrected chi connectivity index (χ1v) is 8.90. The zero-order chi connectivity index (χ0) is 17.9. The SMILES string of the molecule is O=C(Nc1ccccc1)OCc1cc(C2CC2)nn1-c1cccc(Cl)c1. The van der Waals surface area contributed by atoms with Crippen molar-refractivity contribution in [3.63, 3.8) is 0 Å². The van der Waals surface area contributed by atoms with Gasteiger partial charge in [0.15, 0.2) is 0 Å². The number of anilines is 1. The van der Waals surface area contributed by atoms with Gasteiger partial charge in [0.25, 0.3) is 0 Å². The van der Waals surface area contributed by atoms with Crippen molar-refractivity contribution in [3.8, 4) is 5.69 Å². The van der Waals surface area contributed by atoms with Gasteiger partial charge in [-0.2, -0.15) is 5.10 Å². The zero-order valence-electron chi connectivity index (χ0n) is 14.1. The maximum absolute atomic E-state index is 12.1. The third-order valence-corrected chi connectivity index (χ3v) is 4.46. The van der Waals surface area contributed by atoms with E-state index in [2.05, 4.69) is 5.32 Å². The minimum Gasteiger partial charge on any atom is -0.443 e. The molecule has 2 aromatic carbocycles. The van der Waals surface area contributed by atoms with Gasteiger partial charge in [-0.3, -0.25) is 5.32 Å². The summed E-state index contributed by atoms with van der Waals surface area (Å²) in [6.45, 7) is 0.130. The molecule has 1 heterocycles. The monoisotopic (exact) mass is 367 g/mol.